The van der Waals surface area contributed by atoms with Crippen molar-refractivity contribution in [3.05, 3.63) is 48.8 Å². The van der Waals surface area contributed by atoms with Crippen molar-refractivity contribution in [1.29, 1.82) is 0 Å². The number of hydrogen-bond donors (Lipinski definition) is 0. The van der Waals surface area contributed by atoms with Gasteiger partial charge in [0.1, 0.15) is 23.4 Å². The average Bonchev–Trinajstić information content (AvgIpc) is 2.67. The van der Waals surface area contributed by atoms with E-state index in [0.29, 0.717) is 24.6 Å². The lowest BCUT2D eigenvalue weighted by atomic mass is 10.1. The average molecular weight is 342 g/mol. The van der Waals surface area contributed by atoms with Crippen molar-refractivity contribution in [2.75, 3.05) is 26.8 Å². The van der Waals surface area contributed by atoms with Gasteiger partial charge in [-0.2, -0.15) is 0 Å². The number of methoxy groups -OCH3 is 1. The first-order valence-corrected chi connectivity index (χ1v) is 8.36. The van der Waals surface area contributed by atoms with E-state index in [0.717, 1.165) is 18.6 Å². The van der Waals surface area contributed by atoms with Crippen LogP contribution in [0.4, 0.5) is 0 Å². The predicted octanol–water partition coefficient (Wildman–Crippen LogP) is 2.54. The second kappa shape index (κ2) is 8.37. The van der Waals surface area contributed by atoms with E-state index in [1.807, 2.05) is 35.2 Å². The van der Waals surface area contributed by atoms with Crippen molar-refractivity contribution in [2.24, 2.45) is 0 Å². The summed E-state index contributed by atoms with van der Waals surface area (Å²) in [5.41, 5.74) is 0. The third kappa shape index (κ3) is 4.86. The number of likely N-dealkylation sites (tertiary alicyclic amines) is 1. The molecule has 1 saturated heterocycles. The minimum Gasteiger partial charge on any atom is -0.497 e. The number of aromatic nitrogens is 1. The molecule has 6 nitrogen and oxygen atoms in total. The number of amides is 1. The zero-order valence-electron chi connectivity index (χ0n) is 14.3. The van der Waals surface area contributed by atoms with Crippen LogP contribution < -0.4 is 14.2 Å². The SMILES string of the molecule is COc1cccc(OCC(=O)N2CCC(Oc3cccnc3)CC2)c1. The molecule has 6 heteroatoms. The van der Waals surface area contributed by atoms with Gasteiger partial charge in [0.05, 0.1) is 13.3 Å². The van der Waals surface area contributed by atoms with Gasteiger partial charge in [0, 0.05) is 38.2 Å². The first-order valence-electron chi connectivity index (χ1n) is 8.36. The molecule has 0 N–H and O–H groups in total. The Balaban J connectivity index is 1.43. The van der Waals surface area contributed by atoms with E-state index in [-0.39, 0.29) is 18.6 Å². The van der Waals surface area contributed by atoms with E-state index in [2.05, 4.69) is 4.98 Å². The Kier molecular flexibility index (Phi) is 5.72. The normalized spacial score (nSPS) is 14.8. The van der Waals surface area contributed by atoms with Gasteiger partial charge in [-0.25, -0.2) is 0 Å². The molecule has 2 aromatic rings. The smallest absolute Gasteiger partial charge is 0.260 e. The Morgan fingerprint density at radius 3 is 2.64 bits per heavy atom. The van der Waals surface area contributed by atoms with E-state index in [9.17, 15) is 4.79 Å². The monoisotopic (exact) mass is 342 g/mol. The molecule has 0 saturated carbocycles. The lowest BCUT2D eigenvalue weighted by Crippen LogP contribution is -2.43. The number of carbonyl (C=O) groups excluding carboxylic acids is 1. The lowest BCUT2D eigenvalue weighted by molar-refractivity contribution is -0.135. The molecule has 0 bridgehead atoms. The summed E-state index contributed by atoms with van der Waals surface area (Å²) >= 11 is 0. The zero-order valence-corrected chi connectivity index (χ0v) is 14.3. The Labute approximate surface area is 147 Å². The molecule has 25 heavy (non-hydrogen) atoms. The van der Waals surface area contributed by atoms with Crippen LogP contribution in [0.1, 0.15) is 12.8 Å². The van der Waals surface area contributed by atoms with Crippen LogP contribution in [0.2, 0.25) is 0 Å². The highest BCUT2D eigenvalue weighted by Crippen LogP contribution is 2.20. The molecule has 2 heterocycles. The van der Waals surface area contributed by atoms with Crippen LogP contribution in [0.3, 0.4) is 0 Å². The van der Waals surface area contributed by atoms with Gasteiger partial charge in [0.15, 0.2) is 6.61 Å². The van der Waals surface area contributed by atoms with Crippen molar-refractivity contribution in [3.63, 3.8) is 0 Å². The van der Waals surface area contributed by atoms with Crippen molar-refractivity contribution >= 4 is 5.91 Å². The minimum atomic E-state index is -0.0114. The zero-order chi connectivity index (χ0) is 17.5. The molecular formula is C19H22N2O4. The van der Waals surface area contributed by atoms with Crippen LogP contribution in [-0.4, -0.2) is 48.7 Å². The standard InChI is InChI=1S/C19H22N2O4/c1-23-16-4-2-5-17(12-16)24-14-19(22)21-10-7-15(8-11-21)25-18-6-3-9-20-13-18/h2-6,9,12-13,15H,7-8,10-11,14H2,1H3. The topological polar surface area (TPSA) is 60.9 Å². The Hall–Kier alpha value is -2.76. The third-order valence-electron chi connectivity index (χ3n) is 4.14. The van der Waals surface area contributed by atoms with Gasteiger partial charge in [-0.1, -0.05) is 6.07 Å². The first kappa shape index (κ1) is 17.1. The van der Waals surface area contributed by atoms with Crippen LogP contribution in [0.5, 0.6) is 17.2 Å². The Morgan fingerprint density at radius 2 is 1.92 bits per heavy atom. The molecule has 0 radical (unpaired) electrons. The fourth-order valence-electron chi connectivity index (χ4n) is 2.76. The molecule has 0 spiro atoms. The maximum Gasteiger partial charge on any atom is 0.260 e. The summed E-state index contributed by atoms with van der Waals surface area (Å²) in [6, 6.07) is 11.0. The highest BCUT2D eigenvalue weighted by atomic mass is 16.5. The summed E-state index contributed by atoms with van der Waals surface area (Å²) in [4.78, 5) is 18.2. The van der Waals surface area contributed by atoms with Crippen LogP contribution in [0, 0.1) is 0 Å². The van der Waals surface area contributed by atoms with E-state index in [1.54, 1.807) is 25.6 Å². The fourth-order valence-corrected chi connectivity index (χ4v) is 2.76. The molecule has 3 rings (SSSR count). The number of ether oxygens (including phenoxy) is 3. The molecule has 0 unspecified atom stereocenters. The molecule has 1 aromatic carbocycles. The second-order valence-electron chi connectivity index (χ2n) is 5.85. The molecule has 132 valence electrons. The van der Waals surface area contributed by atoms with Crippen molar-refractivity contribution in [3.8, 4) is 17.2 Å². The Bertz CT molecular complexity index is 685. The number of pyridine rings is 1. The molecule has 1 amide bonds. The molecule has 1 aliphatic rings. The van der Waals surface area contributed by atoms with Gasteiger partial charge in [-0.15, -0.1) is 0 Å². The number of hydrogen-bond acceptors (Lipinski definition) is 5. The van der Waals surface area contributed by atoms with Crippen LogP contribution in [-0.2, 0) is 4.79 Å². The highest BCUT2D eigenvalue weighted by Gasteiger charge is 2.24. The Morgan fingerprint density at radius 1 is 1.16 bits per heavy atom. The van der Waals surface area contributed by atoms with Crippen molar-refractivity contribution in [2.45, 2.75) is 18.9 Å². The van der Waals surface area contributed by atoms with E-state index in [1.165, 1.54) is 0 Å². The van der Waals surface area contributed by atoms with E-state index >= 15 is 0 Å². The van der Waals surface area contributed by atoms with Crippen molar-refractivity contribution < 1.29 is 19.0 Å². The maximum atomic E-state index is 12.3. The maximum absolute atomic E-state index is 12.3. The summed E-state index contributed by atoms with van der Waals surface area (Å²) in [7, 11) is 1.60. The molecule has 1 aromatic heterocycles. The number of nitrogens with zero attached hydrogens (tertiary/aromatic N) is 2. The summed E-state index contributed by atoms with van der Waals surface area (Å²) in [5, 5.41) is 0. The minimum absolute atomic E-state index is 0.0114. The third-order valence-corrected chi connectivity index (χ3v) is 4.14. The largest absolute Gasteiger partial charge is 0.497 e. The van der Waals surface area contributed by atoms with Crippen LogP contribution in [0.15, 0.2) is 48.8 Å². The van der Waals surface area contributed by atoms with Gasteiger partial charge in [0.25, 0.3) is 5.91 Å². The van der Waals surface area contributed by atoms with Gasteiger partial charge in [-0.3, -0.25) is 9.78 Å². The van der Waals surface area contributed by atoms with Gasteiger partial charge in [0.2, 0.25) is 0 Å². The number of rotatable bonds is 6. The summed E-state index contributed by atoms with van der Waals surface area (Å²) < 4.78 is 16.6. The van der Waals surface area contributed by atoms with Gasteiger partial charge >= 0.3 is 0 Å². The molecular weight excluding hydrogens is 320 g/mol. The quantitative estimate of drug-likeness (QED) is 0.807. The van der Waals surface area contributed by atoms with Crippen LogP contribution in [0.25, 0.3) is 0 Å². The molecule has 1 aliphatic heterocycles. The number of piperidine rings is 1. The molecule has 0 atom stereocenters. The molecule has 1 fully saturated rings. The summed E-state index contributed by atoms with van der Waals surface area (Å²) in [5.74, 6) is 2.09. The summed E-state index contributed by atoms with van der Waals surface area (Å²) in [6.07, 6.45) is 5.16. The van der Waals surface area contributed by atoms with Gasteiger partial charge < -0.3 is 19.1 Å². The summed E-state index contributed by atoms with van der Waals surface area (Å²) in [6.45, 7) is 1.37. The number of benzene rings is 1. The lowest BCUT2D eigenvalue weighted by Gasteiger charge is -2.32. The molecule has 0 aliphatic carbocycles. The predicted molar refractivity (Wildman–Crippen MR) is 93.0 cm³/mol. The van der Waals surface area contributed by atoms with E-state index < -0.39 is 0 Å². The highest BCUT2D eigenvalue weighted by molar-refractivity contribution is 5.77. The second-order valence-corrected chi connectivity index (χ2v) is 5.85. The van der Waals surface area contributed by atoms with Crippen molar-refractivity contribution in [1.82, 2.24) is 9.88 Å². The first-order chi connectivity index (χ1) is 12.2. The van der Waals surface area contributed by atoms with Gasteiger partial charge in [-0.05, 0) is 24.3 Å². The number of carbonyl (C=O) groups is 1. The fraction of sp³-hybridized carbons (Fsp3) is 0.368. The van der Waals surface area contributed by atoms with Crippen LogP contribution >= 0.6 is 0 Å². The van der Waals surface area contributed by atoms with E-state index in [4.69, 9.17) is 14.2 Å².